The Morgan fingerprint density at radius 3 is 2.78 bits per heavy atom. The minimum absolute atomic E-state index is 0.147. The van der Waals surface area contributed by atoms with Crippen LogP contribution in [0.4, 0.5) is 10.1 Å². The molecular formula is C14H16FNOS. The predicted octanol–water partition coefficient (Wildman–Crippen LogP) is 3.58. The summed E-state index contributed by atoms with van der Waals surface area (Å²) in [5.74, 6) is -0.318. The molecule has 0 fully saturated rings. The van der Waals surface area contributed by atoms with Crippen molar-refractivity contribution < 1.29 is 9.50 Å². The average Bonchev–Trinajstić information content (AvgIpc) is 2.90. The highest BCUT2D eigenvalue weighted by Crippen LogP contribution is 2.29. The fourth-order valence-corrected chi connectivity index (χ4v) is 2.70. The first-order chi connectivity index (χ1) is 8.61. The van der Waals surface area contributed by atoms with E-state index in [4.69, 9.17) is 5.11 Å². The molecule has 0 spiro atoms. The van der Waals surface area contributed by atoms with Gasteiger partial charge in [-0.1, -0.05) is 6.07 Å². The number of anilines is 1. The van der Waals surface area contributed by atoms with E-state index >= 15 is 0 Å². The monoisotopic (exact) mass is 265 g/mol. The summed E-state index contributed by atoms with van der Waals surface area (Å²) < 4.78 is 13.4. The van der Waals surface area contributed by atoms with Gasteiger partial charge in [0.05, 0.1) is 12.6 Å². The molecule has 0 aliphatic heterocycles. The number of aliphatic hydroxyl groups is 1. The van der Waals surface area contributed by atoms with E-state index in [1.807, 2.05) is 29.5 Å². The van der Waals surface area contributed by atoms with E-state index in [0.717, 1.165) is 5.69 Å². The molecule has 4 heteroatoms. The zero-order chi connectivity index (χ0) is 13.1. The molecule has 2 rings (SSSR count). The van der Waals surface area contributed by atoms with Crippen molar-refractivity contribution in [2.45, 2.75) is 19.6 Å². The molecule has 1 atom stereocenters. The first-order valence-corrected chi connectivity index (χ1v) is 6.66. The number of thiophene rings is 1. The van der Waals surface area contributed by atoms with E-state index in [2.05, 4.69) is 13.0 Å². The zero-order valence-electron chi connectivity index (χ0n) is 10.4. The Labute approximate surface area is 110 Å². The Balaban J connectivity index is 2.28. The molecule has 1 N–H and O–H groups in total. The van der Waals surface area contributed by atoms with E-state index in [-0.39, 0.29) is 18.5 Å². The molecule has 18 heavy (non-hydrogen) atoms. The van der Waals surface area contributed by atoms with Crippen LogP contribution < -0.4 is 4.90 Å². The summed E-state index contributed by atoms with van der Waals surface area (Å²) in [4.78, 5) is 3.24. The molecule has 2 aromatic rings. The van der Waals surface area contributed by atoms with Crippen LogP contribution in [0.25, 0.3) is 0 Å². The lowest BCUT2D eigenvalue weighted by Gasteiger charge is -2.26. The number of benzene rings is 1. The molecule has 0 saturated heterocycles. The number of aliphatic hydroxyl groups excluding tert-OH is 1. The quantitative estimate of drug-likeness (QED) is 0.913. The van der Waals surface area contributed by atoms with Crippen LogP contribution in [0, 0.1) is 5.82 Å². The first kappa shape index (κ1) is 13.1. The lowest BCUT2D eigenvalue weighted by Crippen LogP contribution is -2.21. The van der Waals surface area contributed by atoms with E-state index in [9.17, 15) is 4.39 Å². The van der Waals surface area contributed by atoms with Gasteiger partial charge in [0.15, 0.2) is 0 Å². The van der Waals surface area contributed by atoms with Crippen molar-refractivity contribution in [3.8, 4) is 0 Å². The van der Waals surface area contributed by atoms with Crippen molar-refractivity contribution in [1.82, 2.24) is 0 Å². The van der Waals surface area contributed by atoms with Crippen molar-refractivity contribution in [3.05, 3.63) is 52.0 Å². The number of halogens is 1. The van der Waals surface area contributed by atoms with Crippen molar-refractivity contribution in [2.75, 3.05) is 11.9 Å². The molecule has 2 nitrogen and oxygen atoms in total. The van der Waals surface area contributed by atoms with Crippen LogP contribution in [-0.4, -0.2) is 12.2 Å². The van der Waals surface area contributed by atoms with Gasteiger partial charge in [-0.3, -0.25) is 0 Å². The van der Waals surface area contributed by atoms with Crippen molar-refractivity contribution >= 4 is 17.0 Å². The average molecular weight is 265 g/mol. The van der Waals surface area contributed by atoms with Crippen LogP contribution in [0.2, 0.25) is 0 Å². The van der Waals surface area contributed by atoms with Gasteiger partial charge in [0.1, 0.15) is 5.82 Å². The molecule has 0 aliphatic rings. The van der Waals surface area contributed by atoms with Gasteiger partial charge < -0.3 is 10.0 Å². The molecule has 1 heterocycles. The molecule has 1 aromatic carbocycles. The van der Waals surface area contributed by atoms with Gasteiger partial charge in [-0.25, -0.2) is 4.39 Å². The maximum Gasteiger partial charge on any atom is 0.125 e. The van der Waals surface area contributed by atoms with Crippen LogP contribution in [-0.2, 0) is 6.61 Å². The molecule has 0 bridgehead atoms. The van der Waals surface area contributed by atoms with Gasteiger partial charge in [0.25, 0.3) is 0 Å². The fourth-order valence-electron chi connectivity index (χ4n) is 1.87. The Hall–Kier alpha value is -1.39. The molecule has 0 saturated carbocycles. The van der Waals surface area contributed by atoms with Crippen molar-refractivity contribution in [1.29, 1.82) is 0 Å². The maximum atomic E-state index is 13.4. The summed E-state index contributed by atoms with van der Waals surface area (Å²) >= 11 is 1.68. The number of hydrogen-bond donors (Lipinski definition) is 1. The molecule has 0 radical (unpaired) electrons. The summed E-state index contributed by atoms with van der Waals surface area (Å²) in [6, 6.07) is 8.91. The summed E-state index contributed by atoms with van der Waals surface area (Å²) in [5, 5.41) is 11.1. The third-order valence-electron chi connectivity index (χ3n) is 3.07. The SMILES string of the molecule is CC(c1cccs1)N(C)c1cc(F)cc(CO)c1. The molecule has 1 aromatic heterocycles. The number of rotatable bonds is 4. The minimum Gasteiger partial charge on any atom is -0.392 e. The zero-order valence-corrected chi connectivity index (χ0v) is 11.2. The standard InChI is InChI=1S/C14H16FNOS/c1-10(14-4-3-5-18-14)16(2)13-7-11(9-17)6-12(15)8-13/h3-8,10,17H,9H2,1-2H3. The third kappa shape index (κ3) is 2.71. The van der Waals surface area contributed by atoms with Crippen LogP contribution >= 0.6 is 11.3 Å². The van der Waals surface area contributed by atoms with Gasteiger partial charge >= 0.3 is 0 Å². The van der Waals surface area contributed by atoms with Gasteiger partial charge in [-0.05, 0) is 42.1 Å². The van der Waals surface area contributed by atoms with Crippen LogP contribution in [0.1, 0.15) is 23.4 Å². The maximum absolute atomic E-state index is 13.4. The Bertz CT molecular complexity index is 513. The predicted molar refractivity (Wildman–Crippen MR) is 73.5 cm³/mol. The highest BCUT2D eigenvalue weighted by Gasteiger charge is 2.14. The largest absolute Gasteiger partial charge is 0.392 e. The van der Waals surface area contributed by atoms with Crippen LogP contribution in [0.15, 0.2) is 35.7 Å². The van der Waals surface area contributed by atoms with E-state index in [0.29, 0.717) is 5.56 Å². The van der Waals surface area contributed by atoms with Crippen molar-refractivity contribution in [2.24, 2.45) is 0 Å². The fraction of sp³-hybridized carbons (Fsp3) is 0.286. The van der Waals surface area contributed by atoms with E-state index < -0.39 is 0 Å². The topological polar surface area (TPSA) is 23.5 Å². The number of nitrogens with zero attached hydrogens (tertiary/aromatic N) is 1. The van der Waals surface area contributed by atoms with Crippen LogP contribution in [0.5, 0.6) is 0 Å². The Morgan fingerprint density at radius 2 is 2.17 bits per heavy atom. The normalized spacial score (nSPS) is 12.4. The van der Waals surface area contributed by atoms with Gasteiger partial charge in [-0.2, -0.15) is 0 Å². The lowest BCUT2D eigenvalue weighted by atomic mass is 10.1. The highest BCUT2D eigenvalue weighted by atomic mass is 32.1. The summed E-state index contributed by atoms with van der Waals surface area (Å²) in [7, 11) is 1.93. The Kier molecular flexibility index (Phi) is 3.99. The molecule has 96 valence electrons. The second kappa shape index (κ2) is 5.50. The van der Waals surface area contributed by atoms with Gasteiger partial charge in [-0.15, -0.1) is 11.3 Å². The number of hydrogen-bond acceptors (Lipinski definition) is 3. The van der Waals surface area contributed by atoms with E-state index in [1.54, 1.807) is 11.3 Å². The van der Waals surface area contributed by atoms with Crippen molar-refractivity contribution in [3.63, 3.8) is 0 Å². The van der Waals surface area contributed by atoms with Gasteiger partial charge in [0.2, 0.25) is 0 Å². The second-order valence-electron chi connectivity index (χ2n) is 4.28. The lowest BCUT2D eigenvalue weighted by molar-refractivity contribution is 0.281. The first-order valence-electron chi connectivity index (χ1n) is 5.78. The third-order valence-corrected chi connectivity index (χ3v) is 4.11. The minimum atomic E-state index is -0.318. The summed E-state index contributed by atoms with van der Waals surface area (Å²) in [6.07, 6.45) is 0. The Morgan fingerprint density at radius 1 is 1.39 bits per heavy atom. The highest BCUT2D eigenvalue weighted by molar-refractivity contribution is 7.10. The summed E-state index contributed by atoms with van der Waals surface area (Å²) in [5.41, 5.74) is 1.37. The smallest absolute Gasteiger partial charge is 0.125 e. The molecule has 1 unspecified atom stereocenters. The van der Waals surface area contributed by atoms with Gasteiger partial charge in [0, 0.05) is 17.6 Å². The van der Waals surface area contributed by atoms with Crippen LogP contribution in [0.3, 0.4) is 0 Å². The summed E-state index contributed by atoms with van der Waals surface area (Å²) in [6.45, 7) is 1.93. The molecule has 0 aliphatic carbocycles. The molecule has 0 amide bonds. The van der Waals surface area contributed by atoms with E-state index in [1.165, 1.54) is 17.0 Å². The molecular weight excluding hydrogens is 249 g/mol. The second-order valence-corrected chi connectivity index (χ2v) is 5.26.